The molecular weight excluding hydrogens is 568 g/mol. The van der Waals surface area contributed by atoms with Crippen LogP contribution in [0.3, 0.4) is 0 Å². The first-order valence-electron chi connectivity index (χ1n) is 18.9. The van der Waals surface area contributed by atoms with Gasteiger partial charge in [-0.2, -0.15) is 0 Å². The highest BCUT2D eigenvalue weighted by atomic mass is 16.7. The van der Waals surface area contributed by atoms with E-state index >= 15 is 0 Å². The maximum atomic E-state index is 6.98. The van der Waals surface area contributed by atoms with Gasteiger partial charge in [-0.25, -0.2) is 0 Å². The molecule has 264 valence electrons. The van der Waals surface area contributed by atoms with Gasteiger partial charge in [0.1, 0.15) is 0 Å². The van der Waals surface area contributed by atoms with Crippen LogP contribution in [0.1, 0.15) is 123 Å². The molecule has 4 saturated heterocycles. The lowest BCUT2D eigenvalue weighted by Crippen LogP contribution is -2.59. The Morgan fingerprint density at radius 1 is 0.333 bits per heavy atom. The molecule has 0 radical (unpaired) electrons. The molecule has 0 aliphatic carbocycles. The van der Waals surface area contributed by atoms with Crippen molar-refractivity contribution >= 4 is 0 Å². The number of rotatable bonds is 10. The van der Waals surface area contributed by atoms with E-state index in [0.29, 0.717) is 29.6 Å². The fraction of sp³-hybridized carbons (Fsp3) is 1.00. The number of hydrogen-bond acceptors (Lipinski definition) is 7. The number of ether oxygens (including phenoxy) is 7. The van der Waals surface area contributed by atoms with Crippen LogP contribution in [0.25, 0.3) is 0 Å². The molecule has 0 aromatic heterocycles. The molecule has 4 rings (SSSR count). The molecule has 0 N–H and O–H groups in total. The van der Waals surface area contributed by atoms with Crippen molar-refractivity contribution in [1.82, 2.24) is 0 Å². The third-order valence-corrected chi connectivity index (χ3v) is 13.2. The van der Waals surface area contributed by atoms with Crippen molar-refractivity contribution in [3.05, 3.63) is 0 Å². The van der Waals surface area contributed by atoms with Crippen LogP contribution >= 0.6 is 0 Å². The highest BCUT2D eigenvalue weighted by Gasteiger charge is 2.51. The Morgan fingerprint density at radius 2 is 0.644 bits per heavy atom. The minimum atomic E-state index is -0.315. The van der Waals surface area contributed by atoms with E-state index in [9.17, 15) is 0 Å². The van der Waals surface area contributed by atoms with Gasteiger partial charge in [0.15, 0.2) is 18.9 Å². The van der Waals surface area contributed by atoms with Crippen molar-refractivity contribution in [2.24, 2.45) is 53.3 Å². The molecule has 20 atom stereocenters. The zero-order chi connectivity index (χ0) is 33.3. The van der Waals surface area contributed by atoms with Crippen LogP contribution in [0, 0.1) is 53.3 Å². The summed E-state index contributed by atoms with van der Waals surface area (Å²) >= 11 is 0. The molecule has 0 saturated carbocycles. The Hall–Kier alpha value is -0.280. The van der Waals surface area contributed by atoms with Crippen molar-refractivity contribution in [2.45, 2.75) is 190 Å². The van der Waals surface area contributed by atoms with E-state index in [0.717, 1.165) is 25.7 Å². The van der Waals surface area contributed by atoms with Gasteiger partial charge in [0, 0.05) is 17.8 Å². The Kier molecular flexibility index (Phi) is 13.3. The van der Waals surface area contributed by atoms with Crippen molar-refractivity contribution in [2.75, 3.05) is 0 Å². The Morgan fingerprint density at radius 3 is 1.02 bits per heavy atom. The number of hydrogen-bond donors (Lipinski definition) is 0. The monoisotopic (exact) mass is 639 g/mol. The maximum Gasteiger partial charge on any atom is 0.161 e. The van der Waals surface area contributed by atoms with E-state index < -0.39 is 0 Å². The normalized spacial score (nSPS) is 52.9. The first-order chi connectivity index (χ1) is 21.3. The first-order valence-corrected chi connectivity index (χ1v) is 18.9. The standard InChI is InChI=1S/C38H70O7/c1-15-29-21(7)19(5)25(11)36(40-29)44-34-23(9)27(13)38(42-31(34)17-3)45-35-24(10)26(12)37(41-32(35)18-4)43-33-22(8)20(6)28(14)39-30(33)16-2/h19-38H,15-18H2,1-14H3/t19-,20?,21-,22-,23-,24+,25?,26?,27?,28+,29?,30?,31?,32?,33+,34+,35-,36-,37-,38+/m0/s1. The topological polar surface area (TPSA) is 64.6 Å². The molecule has 7 heteroatoms. The van der Waals surface area contributed by atoms with Crippen LogP contribution in [0.4, 0.5) is 0 Å². The van der Waals surface area contributed by atoms with Crippen LogP contribution in [-0.2, 0) is 33.2 Å². The van der Waals surface area contributed by atoms with E-state index in [1.54, 1.807) is 0 Å². The summed E-state index contributed by atoms with van der Waals surface area (Å²) in [7, 11) is 0. The average Bonchev–Trinajstić information content (AvgIpc) is 3.03. The van der Waals surface area contributed by atoms with Crippen molar-refractivity contribution in [3.63, 3.8) is 0 Å². The summed E-state index contributed by atoms with van der Waals surface area (Å²) in [5, 5.41) is 0. The van der Waals surface area contributed by atoms with Gasteiger partial charge in [-0.3, -0.25) is 0 Å². The van der Waals surface area contributed by atoms with Gasteiger partial charge in [-0.15, -0.1) is 0 Å². The predicted molar refractivity (Wildman–Crippen MR) is 179 cm³/mol. The quantitative estimate of drug-likeness (QED) is 0.238. The lowest BCUT2D eigenvalue weighted by Gasteiger charge is -2.52. The lowest BCUT2D eigenvalue weighted by atomic mass is 9.78. The van der Waals surface area contributed by atoms with E-state index in [1.165, 1.54) is 0 Å². The van der Waals surface area contributed by atoms with Gasteiger partial charge in [0.05, 0.1) is 48.8 Å². The smallest absolute Gasteiger partial charge is 0.161 e. The van der Waals surface area contributed by atoms with Crippen molar-refractivity contribution in [3.8, 4) is 0 Å². The van der Waals surface area contributed by atoms with Crippen LogP contribution in [-0.4, -0.2) is 67.7 Å². The molecule has 7 nitrogen and oxygen atoms in total. The minimum Gasteiger partial charge on any atom is -0.372 e. The van der Waals surface area contributed by atoms with E-state index in [2.05, 4.69) is 96.9 Å². The molecule has 0 bridgehead atoms. The van der Waals surface area contributed by atoms with E-state index in [4.69, 9.17) is 33.2 Å². The van der Waals surface area contributed by atoms with E-state index in [-0.39, 0.29) is 91.4 Å². The van der Waals surface area contributed by atoms with Crippen LogP contribution in [0.5, 0.6) is 0 Å². The first kappa shape index (κ1) is 37.5. The zero-order valence-corrected chi connectivity index (χ0v) is 31.2. The van der Waals surface area contributed by atoms with Crippen molar-refractivity contribution < 1.29 is 33.2 Å². The molecule has 4 aliphatic rings. The highest BCUT2D eigenvalue weighted by Crippen LogP contribution is 2.44. The molecule has 4 aliphatic heterocycles. The summed E-state index contributed by atoms with van der Waals surface area (Å²) in [4.78, 5) is 0. The summed E-state index contributed by atoms with van der Waals surface area (Å²) in [6.07, 6.45) is 3.22. The second-order valence-electron chi connectivity index (χ2n) is 15.7. The molecular formula is C38H70O7. The van der Waals surface area contributed by atoms with Gasteiger partial charge in [0.25, 0.3) is 0 Å². The molecule has 45 heavy (non-hydrogen) atoms. The maximum absolute atomic E-state index is 6.98. The summed E-state index contributed by atoms with van der Waals surface area (Å²) in [6.45, 7) is 31.6. The van der Waals surface area contributed by atoms with Gasteiger partial charge in [-0.05, 0) is 68.1 Å². The van der Waals surface area contributed by atoms with Crippen LogP contribution in [0.15, 0.2) is 0 Å². The summed E-state index contributed by atoms with van der Waals surface area (Å²) in [5.41, 5.74) is 0. The van der Waals surface area contributed by atoms with Gasteiger partial charge in [0.2, 0.25) is 0 Å². The molecule has 0 aromatic rings. The third-order valence-electron chi connectivity index (χ3n) is 13.2. The van der Waals surface area contributed by atoms with Crippen LogP contribution in [0.2, 0.25) is 0 Å². The molecule has 0 amide bonds. The summed E-state index contributed by atoms with van der Waals surface area (Å²) < 4.78 is 47.2. The van der Waals surface area contributed by atoms with Gasteiger partial charge < -0.3 is 33.2 Å². The molecule has 0 aromatic carbocycles. The Bertz CT molecular complexity index is 893. The Balaban J connectivity index is 1.43. The highest BCUT2D eigenvalue weighted by molar-refractivity contribution is 4.93. The third kappa shape index (κ3) is 7.65. The summed E-state index contributed by atoms with van der Waals surface area (Å²) in [6, 6.07) is 0. The predicted octanol–water partition coefficient (Wildman–Crippen LogP) is 8.47. The SMILES string of the molecule is CCC1O[C@@H](O[C@H]2C(CC)O[C@H](O[C@@H]3C(CC)O[C@@H](O[C@H]4C(CC)O[C@H](C)C(C)[C@@H]4C)C(C)[C@H]3C)C(C)[C@@H]2C)C(C)[C@@H](C)[C@@H]1C. The fourth-order valence-electron chi connectivity index (χ4n) is 8.57. The largest absolute Gasteiger partial charge is 0.372 e. The summed E-state index contributed by atoms with van der Waals surface area (Å²) in [5.74, 6) is 3.09. The fourth-order valence-corrected chi connectivity index (χ4v) is 8.57. The molecule has 0 spiro atoms. The molecule has 4 fully saturated rings. The lowest BCUT2D eigenvalue weighted by molar-refractivity contribution is -0.355. The zero-order valence-electron chi connectivity index (χ0n) is 31.2. The Labute approximate surface area is 276 Å². The minimum absolute atomic E-state index is 0.0234. The molecule has 8 unspecified atom stereocenters. The van der Waals surface area contributed by atoms with Gasteiger partial charge in [-0.1, -0.05) is 90.0 Å². The van der Waals surface area contributed by atoms with Crippen LogP contribution < -0.4 is 0 Å². The van der Waals surface area contributed by atoms with Crippen molar-refractivity contribution in [1.29, 1.82) is 0 Å². The van der Waals surface area contributed by atoms with E-state index in [1.807, 2.05) is 0 Å². The second-order valence-corrected chi connectivity index (χ2v) is 15.7. The molecule has 4 heterocycles. The average molecular weight is 639 g/mol. The van der Waals surface area contributed by atoms with Gasteiger partial charge >= 0.3 is 0 Å². The second kappa shape index (κ2) is 16.0.